The van der Waals surface area contributed by atoms with E-state index in [4.69, 9.17) is 4.74 Å². The summed E-state index contributed by atoms with van der Waals surface area (Å²) in [6.07, 6.45) is -0.798. The lowest BCUT2D eigenvalue weighted by atomic mass is 10.0. The monoisotopic (exact) mass is 466 g/mol. The van der Waals surface area contributed by atoms with Crippen LogP contribution < -0.4 is 10.6 Å². The Morgan fingerprint density at radius 1 is 1.12 bits per heavy atom. The first-order valence-electron chi connectivity index (χ1n) is 10.8. The van der Waals surface area contributed by atoms with Crippen molar-refractivity contribution in [2.24, 2.45) is 0 Å². The van der Waals surface area contributed by atoms with Crippen molar-refractivity contribution in [3.8, 4) is 11.8 Å². The van der Waals surface area contributed by atoms with E-state index in [1.165, 1.54) is 19.1 Å². The number of hydrogen-bond acceptors (Lipinski definition) is 6. The SMILES string of the molecule is CC(NC(=O)OC(C)(C)C)C(=O)N(CC#N)C(C(=O)NCc1ccccc1)c1cccc(O)c1. The minimum absolute atomic E-state index is 0.0948. The average Bonchev–Trinajstić information content (AvgIpc) is 2.76. The molecule has 0 saturated carbocycles. The van der Waals surface area contributed by atoms with E-state index >= 15 is 0 Å². The van der Waals surface area contributed by atoms with Crippen LogP contribution in [0.2, 0.25) is 0 Å². The average molecular weight is 467 g/mol. The van der Waals surface area contributed by atoms with Crippen LogP contribution in [0.25, 0.3) is 0 Å². The predicted octanol–water partition coefficient (Wildman–Crippen LogP) is 3.02. The third-order valence-electron chi connectivity index (χ3n) is 4.68. The summed E-state index contributed by atoms with van der Waals surface area (Å²) in [5.41, 5.74) is 0.405. The highest BCUT2D eigenvalue weighted by atomic mass is 16.6. The lowest BCUT2D eigenvalue weighted by Crippen LogP contribution is -2.52. The molecule has 0 aliphatic carbocycles. The third kappa shape index (κ3) is 7.81. The number of nitriles is 1. The van der Waals surface area contributed by atoms with Gasteiger partial charge in [-0.25, -0.2) is 4.79 Å². The van der Waals surface area contributed by atoms with Crippen LogP contribution in [-0.4, -0.2) is 46.1 Å². The van der Waals surface area contributed by atoms with E-state index < -0.39 is 42.1 Å². The highest BCUT2D eigenvalue weighted by Gasteiger charge is 2.34. The Labute approximate surface area is 199 Å². The summed E-state index contributed by atoms with van der Waals surface area (Å²) in [7, 11) is 0. The zero-order valence-electron chi connectivity index (χ0n) is 19.7. The van der Waals surface area contributed by atoms with Crippen molar-refractivity contribution in [2.45, 2.75) is 51.9 Å². The molecule has 3 N–H and O–H groups in total. The van der Waals surface area contributed by atoms with Gasteiger partial charge in [-0.1, -0.05) is 42.5 Å². The first kappa shape index (κ1) is 26.2. The van der Waals surface area contributed by atoms with E-state index in [2.05, 4.69) is 10.6 Å². The van der Waals surface area contributed by atoms with Gasteiger partial charge in [0.1, 0.15) is 30.0 Å². The summed E-state index contributed by atoms with van der Waals surface area (Å²) in [5, 5.41) is 24.6. The molecule has 0 aromatic heterocycles. The largest absolute Gasteiger partial charge is 0.508 e. The van der Waals surface area contributed by atoms with Crippen LogP contribution in [-0.2, 0) is 20.9 Å². The van der Waals surface area contributed by atoms with E-state index in [9.17, 15) is 24.8 Å². The van der Waals surface area contributed by atoms with Gasteiger partial charge in [-0.05, 0) is 51.0 Å². The van der Waals surface area contributed by atoms with Crippen LogP contribution in [0.4, 0.5) is 4.79 Å². The van der Waals surface area contributed by atoms with Gasteiger partial charge < -0.3 is 25.4 Å². The second kappa shape index (κ2) is 11.7. The maximum Gasteiger partial charge on any atom is 0.408 e. The van der Waals surface area contributed by atoms with E-state index in [0.29, 0.717) is 5.56 Å². The Kier molecular flexibility index (Phi) is 9.01. The number of nitrogens with one attached hydrogen (secondary N) is 2. The summed E-state index contributed by atoms with van der Waals surface area (Å²) in [4.78, 5) is 39.8. The summed E-state index contributed by atoms with van der Waals surface area (Å²) in [6.45, 7) is 6.30. The van der Waals surface area contributed by atoms with Gasteiger partial charge in [0.05, 0.1) is 6.07 Å². The number of phenolic OH excluding ortho intramolecular Hbond substituents is 1. The smallest absolute Gasteiger partial charge is 0.408 e. The van der Waals surface area contributed by atoms with Gasteiger partial charge in [-0.2, -0.15) is 5.26 Å². The molecule has 3 amide bonds. The number of alkyl carbamates (subject to hydrolysis) is 1. The van der Waals surface area contributed by atoms with Crippen molar-refractivity contribution in [3.63, 3.8) is 0 Å². The second-order valence-electron chi connectivity index (χ2n) is 8.69. The Morgan fingerprint density at radius 3 is 2.38 bits per heavy atom. The Hall–Kier alpha value is -4.06. The molecule has 34 heavy (non-hydrogen) atoms. The highest BCUT2D eigenvalue weighted by Crippen LogP contribution is 2.25. The molecule has 0 aliphatic rings. The number of ether oxygens (including phenoxy) is 1. The quantitative estimate of drug-likeness (QED) is 0.513. The maximum absolute atomic E-state index is 13.3. The zero-order valence-corrected chi connectivity index (χ0v) is 19.7. The summed E-state index contributed by atoms with van der Waals surface area (Å²) >= 11 is 0. The zero-order chi connectivity index (χ0) is 25.3. The predicted molar refractivity (Wildman–Crippen MR) is 125 cm³/mol. The molecule has 9 nitrogen and oxygen atoms in total. The van der Waals surface area contributed by atoms with Crippen LogP contribution >= 0.6 is 0 Å². The molecule has 9 heteroatoms. The van der Waals surface area contributed by atoms with Crippen molar-refractivity contribution in [1.29, 1.82) is 5.26 Å². The van der Waals surface area contributed by atoms with Gasteiger partial charge in [0.25, 0.3) is 0 Å². The second-order valence-corrected chi connectivity index (χ2v) is 8.69. The van der Waals surface area contributed by atoms with Crippen LogP contribution in [0.1, 0.15) is 44.9 Å². The third-order valence-corrected chi connectivity index (χ3v) is 4.68. The molecule has 0 radical (unpaired) electrons. The summed E-state index contributed by atoms with van der Waals surface area (Å²) < 4.78 is 5.20. The van der Waals surface area contributed by atoms with Crippen LogP contribution in [0.15, 0.2) is 54.6 Å². The number of nitrogens with zero attached hydrogens (tertiary/aromatic N) is 2. The van der Waals surface area contributed by atoms with Crippen LogP contribution in [0, 0.1) is 11.3 Å². The lowest BCUT2D eigenvalue weighted by molar-refractivity contribution is -0.141. The minimum atomic E-state index is -1.22. The molecule has 0 heterocycles. The first-order valence-corrected chi connectivity index (χ1v) is 10.8. The fraction of sp³-hybridized carbons (Fsp3) is 0.360. The molecule has 0 fully saturated rings. The number of aromatic hydroxyl groups is 1. The Balaban J connectivity index is 2.32. The number of rotatable bonds is 8. The van der Waals surface area contributed by atoms with Gasteiger partial charge >= 0.3 is 6.09 Å². The summed E-state index contributed by atoms with van der Waals surface area (Å²) in [6, 6.07) is 14.7. The van der Waals surface area contributed by atoms with Crippen molar-refractivity contribution >= 4 is 17.9 Å². The maximum atomic E-state index is 13.3. The molecular weight excluding hydrogens is 436 g/mol. The van der Waals surface area contributed by atoms with E-state index in [1.54, 1.807) is 32.9 Å². The topological polar surface area (TPSA) is 132 Å². The van der Waals surface area contributed by atoms with Crippen LogP contribution in [0.5, 0.6) is 5.75 Å². The number of carbonyl (C=O) groups is 3. The van der Waals surface area contributed by atoms with E-state index in [0.717, 1.165) is 10.5 Å². The first-order chi connectivity index (χ1) is 16.0. The van der Waals surface area contributed by atoms with Gasteiger partial charge in [0.15, 0.2) is 0 Å². The molecule has 2 rings (SSSR count). The fourth-order valence-corrected chi connectivity index (χ4v) is 3.22. The van der Waals surface area contributed by atoms with E-state index in [1.807, 2.05) is 36.4 Å². The van der Waals surface area contributed by atoms with Crippen molar-refractivity contribution < 1.29 is 24.2 Å². The fourth-order valence-electron chi connectivity index (χ4n) is 3.22. The molecule has 0 bridgehead atoms. The molecule has 0 aliphatic heterocycles. The van der Waals surface area contributed by atoms with Crippen molar-refractivity contribution in [3.05, 3.63) is 65.7 Å². The molecule has 2 aromatic rings. The number of carbonyl (C=O) groups excluding carboxylic acids is 3. The minimum Gasteiger partial charge on any atom is -0.508 e. The molecular formula is C25H30N4O5. The van der Waals surface area contributed by atoms with Gasteiger partial charge in [0, 0.05) is 6.54 Å². The van der Waals surface area contributed by atoms with Crippen molar-refractivity contribution in [1.82, 2.24) is 15.5 Å². The molecule has 2 atom stereocenters. The number of phenols is 1. The number of hydrogen-bond donors (Lipinski definition) is 3. The van der Waals surface area contributed by atoms with Gasteiger partial charge in [0.2, 0.25) is 11.8 Å². The molecule has 180 valence electrons. The lowest BCUT2D eigenvalue weighted by Gasteiger charge is -2.32. The summed E-state index contributed by atoms with van der Waals surface area (Å²) in [5.74, 6) is -1.29. The van der Waals surface area contributed by atoms with Crippen LogP contribution in [0.3, 0.4) is 0 Å². The molecule has 0 saturated heterocycles. The molecule has 2 unspecified atom stereocenters. The highest BCUT2D eigenvalue weighted by molar-refractivity contribution is 5.92. The Morgan fingerprint density at radius 2 is 1.79 bits per heavy atom. The number of benzene rings is 2. The van der Waals surface area contributed by atoms with Crippen molar-refractivity contribution in [2.75, 3.05) is 6.54 Å². The number of amides is 3. The van der Waals surface area contributed by atoms with E-state index in [-0.39, 0.29) is 12.3 Å². The molecule has 2 aromatic carbocycles. The van der Waals surface area contributed by atoms with Gasteiger partial charge in [-0.15, -0.1) is 0 Å². The molecule has 0 spiro atoms. The van der Waals surface area contributed by atoms with Gasteiger partial charge in [-0.3, -0.25) is 9.59 Å². The normalized spacial score (nSPS) is 12.6. The Bertz CT molecular complexity index is 1040. The standard InChI is InChI=1S/C25H30N4O5/c1-17(28-24(33)34-25(2,3)4)23(32)29(14-13-26)21(19-11-8-12-20(30)15-19)22(31)27-16-18-9-6-5-7-10-18/h5-12,15,17,21,30H,14,16H2,1-4H3,(H,27,31)(H,28,33).